The molecule has 1 rings (SSSR count). The molecule has 2 atom stereocenters. The number of ether oxygens (including phenoxy) is 1. The van der Waals surface area contributed by atoms with Crippen LogP contribution in [0.15, 0.2) is 0 Å². The predicted octanol–water partition coefficient (Wildman–Crippen LogP) is 0.0741. The molecule has 1 heterocycles. The van der Waals surface area contributed by atoms with Crippen LogP contribution in [0, 0.1) is 5.92 Å². The third-order valence-electron chi connectivity index (χ3n) is 1.99. The third kappa shape index (κ3) is 1.75. The van der Waals surface area contributed by atoms with Crippen LogP contribution >= 0.6 is 0 Å². The molecule has 0 spiro atoms. The van der Waals surface area contributed by atoms with E-state index in [2.05, 4.69) is 5.32 Å². The number of nitrogens with one attached hydrogen (secondary N) is 1. The molecule has 1 aliphatic heterocycles. The first-order valence-electron chi connectivity index (χ1n) is 4.11. The minimum Gasteiger partial charge on any atom is -0.466 e. The van der Waals surface area contributed by atoms with Crippen molar-refractivity contribution < 1.29 is 14.3 Å². The average Bonchev–Trinajstić information content (AvgIpc) is 2.30. The summed E-state index contributed by atoms with van der Waals surface area (Å²) in [6, 6.07) is -0.0865. The molecule has 0 aromatic rings. The van der Waals surface area contributed by atoms with E-state index in [-0.39, 0.29) is 30.3 Å². The topological polar surface area (TPSA) is 55.4 Å². The highest BCUT2D eigenvalue weighted by molar-refractivity contribution is 5.87. The number of esters is 1. The van der Waals surface area contributed by atoms with Crippen LogP contribution in [0.2, 0.25) is 0 Å². The predicted molar refractivity (Wildman–Crippen MR) is 42.3 cm³/mol. The second kappa shape index (κ2) is 3.56. The van der Waals surface area contributed by atoms with Gasteiger partial charge in [-0.2, -0.15) is 0 Å². The summed E-state index contributed by atoms with van der Waals surface area (Å²) in [4.78, 5) is 22.0. The molecule has 0 aliphatic carbocycles. The van der Waals surface area contributed by atoms with Gasteiger partial charge in [0.15, 0.2) is 0 Å². The van der Waals surface area contributed by atoms with Gasteiger partial charge in [0.1, 0.15) is 0 Å². The Kier molecular flexibility index (Phi) is 2.68. The summed E-state index contributed by atoms with van der Waals surface area (Å²) in [5.41, 5.74) is 0. The number of amides is 1. The number of hydrogen-bond acceptors (Lipinski definition) is 3. The smallest absolute Gasteiger partial charge is 0.311 e. The molecule has 0 saturated carbocycles. The maximum absolute atomic E-state index is 11.2. The van der Waals surface area contributed by atoms with E-state index < -0.39 is 0 Å². The van der Waals surface area contributed by atoms with Gasteiger partial charge in [-0.1, -0.05) is 0 Å². The van der Waals surface area contributed by atoms with Gasteiger partial charge in [-0.15, -0.1) is 0 Å². The normalized spacial score (nSPS) is 28.3. The van der Waals surface area contributed by atoms with E-state index in [1.54, 1.807) is 6.92 Å². The van der Waals surface area contributed by atoms with E-state index >= 15 is 0 Å². The van der Waals surface area contributed by atoms with Crippen LogP contribution < -0.4 is 5.32 Å². The fourth-order valence-electron chi connectivity index (χ4n) is 1.33. The molecule has 12 heavy (non-hydrogen) atoms. The second-order valence-corrected chi connectivity index (χ2v) is 2.92. The van der Waals surface area contributed by atoms with Gasteiger partial charge in [0.25, 0.3) is 0 Å². The summed E-state index contributed by atoms with van der Waals surface area (Å²) in [7, 11) is 0. The van der Waals surface area contributed by atoms with Crippen molar-refractivity contribution in [2.24, 2.45) is 5.92 Å². The first-order chi connectivity index (χ1) is 5.65. The van der Waals surface area contributed by atoms with Crippen molar-refractivity contribution in [2.45, 2.75) is 26.3 Å². The molecule has 0 aromatic carbocycles. The van der Waals surface area contributed by atoms with E-state index in [1.807, 2.05) is 6.92 Å². The van der Waals surface area contributed by atoms with Gasteiger partial charge in [0.2, 0.25) is 5.91 Å². The van der Waals surface area contributed by atoms with Gasteiger partial charge in [-0.05, 0) is 13.8 Å². The molecule has 1 fully saturated rings. The quantitative estimate of drug-likeness (QED) is 0.598. The van der Waals surface area contributed by atoms with Crippen molar-refractivity contribution in [1.29, 1.82) is 0 Å². The Bertz CT molecular complexity index is 202. The Morgan fingerprint density at radius 3 is 2.83 bits per heavy atom. The highest BCUT2D eigenvalue weighted by Crippen LogP contribution is 2.17. The number of hydrogen-bond donors (Lipinski definition) is 1. The van der Waals surface area contributed by atoms with Gasteiger partial charge in [0.05, 0.1) is 12.5 Å². The summed E-state index contributed by atoms with van der Waals surface area (Å²) in [6.45, 7) is 3.94. The maximum Gasteiger partial charge on any atom is 0.311 e. The Morgan fingerprint density at radius 2 is 2.42 bits per heavy atom. The standard InChI is InChI=1S/C8H13NO3/c1-3-12-8(11)6-4-7(10)9-5(6)2/h5-6H,3-4H2,1-2H3,(H,9,10). The zero-order chi connectivity index (χ0) is 9.14. The van der Waals surface area contributed by atoms with Crippen molar-refractivity contribution in [3.63, 3.8) is 0 Å². The molecular weight excluding hydrogens is 158 g/mol. The lowest BCUT2D eigenvalue weighted by molar-refractivity contribution is -0.148. The summed E-state index contributed by atoms with van der Waals surface area (Å²) < 4.78 is 4.81. The fraction of sp³-hybridized carbons (Fsp3) is 0.750. The van der Waals surface area contributed by atoms with Crippen LogP contribution in [0.3, 0.4) is 0 Å². The maximum atomic E-state index is 11.2. The average molecular weight is 171 g/mol. The zero-order valence-corrected chi connectivity index (χ0v) is 7.29. The van der Waals surface area contributed by atoms with Crippen LogP contribution in [0.5, 0.6) is 0 Å². The van der Waals surface area contributed by atoms with Crippen molar-refractivity contribution in [3.05, 3.63) is 0 Å². The molecule has 4 nitrogen and oxygen atoms in total. The molecule has 1 aliphatic rings. The van der Waals surface area contributed by atoms with E-state index in [4.69, 9.17) is 4.74 Å². The Morgan fingerprint density at radius 1 is 1.75 bits per heavy atom. The van der Waals surface area contributed by atoms with Gasteiger partial charge in [-0.25, -0.2) is 0 Å². The highest BCUT2D eigenvalue weighted by atomic mass is 16.5. The molecule has 0 bridgehead atoms. The molecule has 1 saturated heterocycles. The number of carbonyl (C=O) groups is 2. The summed E-state index contributed by atoms with van der Waals surface area (Å²) in [6.07, 6.45) is 0.264. The van der Waals surface area contributed by atoms with Crippen LogP contribution in [0.4, 0.5) is 0 Å². The monoisotopic (exact) mass is 171 g/mol. The van der Waals surface area contributed by atoms with E-state index in [0.29, 0.717) is 6.61 Å². The Labute approximate surface area is 71.3 Å². The molecule has 0 radical (unpaired) electrons. The molecular formula is C8H13NO3. The van der Waals surface area contributed by atoms with Gasteiger partial charge in [0, 0.05) is 12.5 Å². The van der Waals surface area contributed by atoms with Crippen LogP contribution in [-0.4, -0.2) is 24.5 Å². The first kappa shape index (κ1) is 9.03. The largest absolute Gasteiger partial charge is 0.466 e. The lowest BCUT2D eigenvalue weighted by Crippen LogP contribution is -2.30. The van der Waals surface area contributed by atoms with Gasteiger partial charge >= 0.3 is 5.97 Å². The van der Waals surface area contributed by atoms with Crippen molar-refractivity contribution in [3.8, 4) is 0 Å². The highest BCUT2D eigenvalue weighted by Gasteiger charge is 2.35. The number of rotatable bonds is 2. The van der Waals surface area contributed by atoms with E-state index in [9.17, 15) is 9.59 Å². The zero-order valence-electron chi connectivity index (χ0n) is 7.29. The van der Waals surface area contributed by atoms with Crippen molar-refractivity contribution in [1.82, 2.24) is 5.32 Å². The van der Waals surface area contributed by atoms with Crippen molar-refractivity contribution >= 4 is 11.9 Å². The minimum absolute atomic E-state index is 0.0689. The fourth-order valence-corrected chi connectivity index (χ4v) is 1.33. The lowest BCUT2D eigenvalue weighted by Gasteiger charge is -2.11. The molecule has 1 amide bonds. The van der Waals surface area contributed by atoms with Gasteiger partial charge in [-0.3, -0.25) is 9.59 Å². The van der Waals surface area contributed by atoms with Gasteiger partial charge < -0.3 is 10.1 Å². The SMILES string of the molecule is CCOC(=O)C1CC(=O)NC1C. The van der Waals surface area contributed by atoms with Crippen LogP contribution in [0.1, 0.15) is 20.3 Å². The molecule has 2 unspecified atom stereocenters. The van der Waals surface area contributed by atoms with Crippen LogP contribution in [-0.2, 0) is 14.3 Å². The Balaban J connectivity index is 2.52. The Hall–Kier alpha value is -1.06. The molecule has 1 N–H and O–H groups in total. The van der Waals surface area contributed by atoms with Crippen LogP contribution in [0.25, 0.3) is 0 Å². The third-order valence-corrected chi connectivity index (χ3v) is 1.99. The summed E-state index contributed by atoms with van der Waals surface area (Å²) in [5.74, 6) is -0.638. The van der Waals surface area contributed by atoms with E-state index in [1.165, 1.54) is 0 Å². The second-order valence-electron chi connectivity index (χ2n) is 2.92. The molecule has 68 valence electrons. The lowest BCUT2D eigenvalue weighted by atomic mass is 10.0. The summed E-state index contributed by atoms with van der Waals surface area (Å²) in [5, 5.41) is 2.67. The first-order valence-corrected chi connectivity index (χ1v) is 4.11. The van der Waals surface area contributed by atoms with Crippen molar-refractivity contribution in [2.75, 3.05) is 6.61 Å². The number of carbonyl (C=O) groups excluding carboxylic acids is 2. The minimum atomic E-state index is -0.294. The summed E-state index contributed by atoms with van der Waals surface area (Å²) >= 11 is 0. The molecule has 4 heteroatoms. The van der Waals surface area contributed by atoms with E-state index in [0.717, 1.165) is 0 Å². The molecule has 0 aromatic heterocycles.